The van der Waals surface area contributed by atoms with Crippen LogP contribution < -0.4 is 4.74 Å². The molecule has 0 fully saturated rings. The van der Waals surface area contributed by atoms with Crippen molar-refractivity contribution in [3.63, 3.8) is 0 Å². The number of halogens is 3. The number of benzene rings is 2. The van der Waals surface area contributed by atoms with E-state index in [4.69, 9.17) is 4.74 Å². The molecule has 2 rings (SSSR count). The van der Waals surface area contributed by atoms with Crippen molar-refractivity contribution in [3.05, 3.63) is 57.2 Å². The highest BCUT2D eigenvalue weighted by Crippen LogP contribution is 2.30. The van der Waals surface area contributed by atoms with Crippen LogP contribution in [0.15, 0.2) is 36.4 Å². The minimum absolute atomic E-state index is 0.0509. The van der Waals surface area contributed by atoms with Crippen molar-refractivity contribution in [2.24, 2.45) is 0 Å². The van der Waals surface area contributed by atoms with Crippen LogP contribution in [0.1, 0.15) is 12.5 Å². The predicted molar refractivity (Wildman–Crippen MR) is 88.8 cm³/mol. The second-order valence-corrected chi connectivity index (χ2v) is 8.13. The van der Waals surface area contributed by atoms with E-state index >= 15 is 0 Å². The second-order valence-electron chi connectivity index (χ2n) is 4.62. The molecule has 7 heteroatoms. The molecule has 0 unspecified atom stereocenters. The molecule has 0 saturated carbocycles. The molecule has 0 aliphatic heterocycles. The zero-order valence-electron chi connectivity index (χ0n) is 11.6. The SMILES string of the molecule is CCS(=O)(=O)Cc1ccc(Oc2ccc(F)cc2F)c(I)c1. The van der Waals surface area contributed by atoms with Gasteiger partial charge in [-0.05, 0) is 52.4 Å². The van der Waals surface area contributed by atoms with Gasteiger partial charge < -0.3 is 4.74 Å². The lowest BCUT2D eigenvalue weighted by Crippen LogP contribution is -2.06. The molecule has 0 atom stereocenters. The van der Waals surface area contributed by atoms with Crippen molar-refractivity contribution in [1.82, 2.24) is 0 Å². The van der Waals surface area contributed by atoms with E-state index in [1.54, 1.807) is 25.1 Å². The van der Waals surface area contributed by atoms with E-state index in [1.165, 1.54) is 6.07 Å². The van der Waals surface area contributed by atoms with Crippen LogP contribution >= 0.6 is 22.6 Å². The van der Waals surface area contributed by atoms with Crippen LogP contribution in [-0.2, 0) is 15.6 Å². The number of sulfone groups is 1. The first-order chi connectivity index (χ1) is 10.3. The molecular weight excluding hydrogens is 425 g/mol. The van der Waals surface area contributed by atoms with Crippen molar-refractivity contribution in [1.29, 1.82) is 0 Å². The normalized spacial score (nSPS) is 11.5. The highest BCUT2D eigenvalue weighted by Gasteiger charge is 2.12. The first-order valence-electron chi connectivity index (χ1n) is 6.42. The Labute approximate surface area is 141 Å². The molecule has 2 aromatic carbocycles. The Morgan fingerprint density at radius 1 is 1.09 bits per heavy atom. The molecule has 0 bridgehead atoms. The van der Waals surface area contributed by atoms with Gasteiger partial charge in [-0.2, -0.15) is 0 Å². The third kappa shape index (κ3) is 4.39. The van der Waals surface area contributed by atoms with Gasteiger partial charge in [0.05, 0.1) is 9.32 Å². The van der Waals surface area contributed by atoms with E-state index in [-0.39, 0.29) is 17.3 Å². The molecule has 0 radical (unpaired) electrons. The van der Waals surface area contributed by atoms with Crippen LogP contribution in [0.5, 0.6) is 11.5 Å². The summed E-state index contributed by atoms with van der Waals surface area (Å²) in [6.45, 7) is 1.59. The highest BCUT2D eigenvalue weighted by atomic mass is 127. The summed E-state index contributed by atoms with van der Waals surface area (Å²) in [5.74, 6) is -1.17. The number of ether oxygens (including phenoxy) is 1. The largest absolute Gasteiger partial charge is 0.453 e. The first-order valence-corrected chi connectivity index (χ1v) is 9.32. The van der Waals surface area contributed by atoms with E-state index in [0.717, 1.165) is 12.1 Å². The van der Waals surface area contributed by atoms with Gasteiger partial charge in [0, 0.05) is 11.8 Å². The smallest absolute Gasteiger partial charge is 0.168 e. The molecule has 2 aromatic rings. The van der Waals surface area contributed by atoms with E-state index < -0.39 is 21.5 Å². The Hall–Kier alpha value is -1.22. The third-order valence-corrected chi connectivity index (χ3v) is 5.43. The highest BCUT2D eigenvalue weighted by molar-refractivity contribution is 14.1. The maximum atomic E-state index is 13.6. The van der Waals surface area contributed by atoms with Gasteiger partial charge in [-0.25, -0.2) is 17.2 Å². The molecule has 0 spiro atoms. The minimum atomic E-state index is -3.12. The Morgan fingerprint density at radius 2 is 1.77 bits per heavy atom. The van der Waals surface area contributed by atoms with E-state index in [0.29, 0.717) is 14.9 Å². The van der Waals surface area contributed by atoms with E-state index in [2.05, 4.69) is 0 Å². The zero-order chi connectivity index (χ0) is 16.3. The Kier molecular flexibility index (Phi) is 5.38. The number of hydrogen-bond acceptors (Lipinski definition) is 3. The van der Waals surface area contributed by atoms with Gasteiger partial charge in [-0.1, -0.05) is 13.0 Å². The van der Waals surface area contributed by atoms with E-state index in [1.807, 2.05) is 22.6 Å². The van der Waals surface area contributed by atoms with Crippen LogP contribution in [0.2, 0.25) is 0 Å². The lowest BCUT2D eigenvalue weighted by molar-refractivity contribution is 0.435. The van der Waals surface area contributed by atoms with Gasteiger partial charge in [-0.15, -0.1) is 0 Å². The molecule has 22 heavy (non-hydrogen) atoms. The summed E-state index contributed by atoms with van der Waals surface area (Å²) in [6.07, 6.45) is 0. The molecule has 0 aliphatic rings. The second kappa shape index (κ2) is 6.91. The van der Waals surface area contributed by atoms with Gasteiger partial charge in [-0.3, -0.25) is 0 Å². The average Bonchev–Trinajstić information content (AvgIpc) is 2.44. The molecule has 118 valence electrons. The molecule has 0 heterocycles. The summed E-state index contributed by atoms with van der Waals surface area (Å²) in [5.41, 5.74) is 0.637. The van der Waals surface area contributed by atoms with E-state index in [9.17, 15) is 17.2 Å². The summed E-state index contributed by atoms with van der Waals surface area (Å²) < 4.78 is 55.7. The summed E-state index contributed by atoms with van der Waals surface area (Å²) in [7, 11) is -3.12. The van der Waals surface area contributed by atoms with Gasteiger partial charge >= 0.3 is 0 Å². The van der Waals surface area contributed by atoms with Gasteiger partial charge in [0.15, 0.2) is 21.4 Å². The summed E-state index contributed by atoms with van der Waals surface area (Å²) in [5, 5.41) is 0. The number of hydrogen-bond donors (Lipinski definition) is 0. The van der Waals surface area contributed by atoms with Crippen molar-refractivity contribution in [3.8, 4) is 11.5 Å². The van der Waals surface area contributed by atoms with Crippen LogP contribution in [0, 0.1) is 15.2 Å². The van der Waals surface area contributed by atoms with Crippen molar-refractivity contribution in [2.75, 3.05) is 5.75 Å². The van der Waals surface area contributed by atoms with Crippen molar-refractivity contribution < 1.29 is 21.9 Å². The third-order valence-electron chi connectivity index (χ3n) is 2.94. The van der Waals surface area contributed by atoms with Crippen LogP contribution in [0.3, 0.4) is 0 Å². The lowest BCUT2D eigenvalue weighted by Gasteiger charge is -2.10. The standard InChI is InChI=1S/C15H13F2IO3S/c1-2-22(19,20)9-10-3-5-15(13(18)7-10)21-14-6-4-11(16)8-12(14)17/h3-8H,2,9H2,1H3. The average molecular weight is 438 g/mol. The molecule has 0 N–H and O–H groups in total. The Morgan fingerprint density at radius 3 is 2.36 bits per heavy atom. The minimum Gasteiger partial charge on any atom is -0.453 e. The summed E-state index contributed by atoms with van der Waals surface area (Å²) in [4.78, 5) is 0. The quantitative estimate of drug-likeness (QED) is 0.655. The van der Waals surface area contributed by atoms with Crippen molar-refractivity contribution >= 4 is 32.4 Å². The monoisotopic (exact) mass is 438 g/mol. The zero-order valence-corrected chi connectivity index (χ0v) is 14.6. The van der Waals surface area contributed by atoms with Crippen LogP contribution in [-0.4, -0.2) is 14.2 Å². The fourth-order valence-electron chi connectivity index (χ4n) is 1.75. The molecule has 0 amide bonds. The topological polar surface area (TPSA) is 43.4 Å². The lowest BCUT2D eigenvalue weighted by atomic mass is 10.2. The van der Waals surface area contributed by atoms with Gasteiger partial charge in [0.1, 0.15) is 11.6 Å². The fraction of sp³-hybridized carbons (Fsp3) is 0.200. The first kappa shape index (κ1) is 17.1. The summed E-state index contributed by atoms with van der Waals surface area (Å²) >= 11 is 1.98. The maximum Gasteiger partial charge on any atom is 0.168 e. The van der Waals surface area contributed by atoms with Gasteiger partial charge in [0.2, 0.25) is 0 Å². The molecule has 3 nitrogen and oxygen atoms in total. The summed E-state index contributed by atoms with van der Waals surface area (Å²) in [6, 6.07) is 7.91. The number of rotatable bonds is 5. The molecular formula is C15H13F2IO3S. The van der Waals surface area contributed by atoms with Crippen LogP contribution in [0.25, 0.3) is 0 Å². The fourth-order valence-corrected chi connectivity index (χ4v) is 3.33. The molecule has 0 aliphatic carbocycles. The molecule has 0 aromatic heterocycles. The predicted octanol–water partition coefficient (Wildman–Crippen LogP) is 4.30. The Bertz CT molecular complexity index is 791. The van der Waals surface area contributed by atoms with Gasteiger partial charge in [0.25, 0.3) is 0 Å². The van der Waals surface area contributed by atoms with Crippen molar-refractivity contribution in [2.45, 2.75) is 12.7 Å². The maximum absolute atomic E-state index is 13.6. The Balaban J connectivity index is 2.23. The van der Waals surface area contributed by atoms with Crippen LogP contribution in [0.4, 0.5) is 8.78 Å². The molecule has 0 saturated heterocycles.